The van der Waals surface area contributed by atoms with Gasteiger partial charge in [0.25, 0.3) is 0 Å². The van der Waals surface area contributed by atoms with E-state index < -0.39 is 17.4 Å². The molecule has 0 aliphatic rings. The Morgan fingerprint density at radius 1 is 1.12 bits per heavy atom. The Morgan fingerprint density at radius 2 is 1.85 bits per heavy atom. The van der Waals surface area contributed by atoms with Crippen molar-refractivity contribution in [1.82, 2.24) is 23.0 Å². The summed E-state index contributed by atoms with van der Waals surface area (Å²) in [5, 5.41) is 13.4. The lowest BCUT2D eigenvalue weighted by molar-refractivity contribution is -0.137. The molecule has 2 aromatic carbocycles. The highest BCUT2D eigenvalue weighted by Gasteiger charge is 2.31. The van der Waals surface area contributed by atoms with E-state index in [0.717, 1.165) is 24.3 Å². The molecule has 0 radical (unpaired) electrons. The van der Waals surface area contributed by atoms with Crippen LogP contribution in [0.1, 0.15) is 23.7 Å². The minimum Gasteiger partial charge on any atom is -0.264 e. The molecule has 34 heavy (non-hydrogen) atoms. The van der Waals surface area contributed by atoms with Crippen molar-refractivity contribution in [2.75, 3.05) is 6.54 Å². The summed E-state index contributed by atoms with van der Waals surface area (Å²) in [6, 6.07) is 15.2. The van der Waals surface area contributed by atoms with Gasteiger partial charge in [0.2, 0.25) is 0 Å². The summed E-state index contributed by atoms with van der Waals surface area (Å²) in [4.78, 5) is 13.4. The first kappa shape index (κ1) is 23.4. The van der Waals surface area contributed by atoms with E-state index >= 15 is 0 Å². The fraction of sp³-hybridized carbons (Fsp3) is 0.174. The van der Waals surface area contributed by atoms with Crippen LogP contribution >= 0.6 is 12.1 Å². The molecule has 0 unspecified atom stereocenters. The number of hydrogen-bond donors (Lipinski definition) is 1. The van der Waals surface area contributed by atoms with Gasteiger partial charge in [-0.15, -0.1) is 0 Å². The summed E-state index contributed by atoms with van der Waals surface area (Å²) < 4.78 is 47.2. The number of halogens is 3. The van der Waals surface area contributed by atoms with Gasteiger partial charge in [0.05, 0.1) is 46.2 Å². The number of imidazole rings is 1. The second kappa shape index (κ2) is 9.24. The largest absolute Gasteiger partial charge is 0.416 e. The molecule has 4 aromatic rings. The maximum absolute atomic E-state index is 13.4. The molecule has 0 amide bonds. The third-order valence-electron chi connectivity index (χ3n) is 5.10. The van der Waals surface area contributed by atoms with Gasteiger partial charge in [-0.1, -0.05) is 13.0 Å². The molecule has 0 atom stereocenters. The lowest BCUT2D eigenvalue weighted by Crippen LogP contribution is -2.23. The van der Waals surface area contributed by atoms with Crippen LogP contribution in [0.4, 0.5) is 13.2 Å². The molecule has 174 valence electrons. The maximum Gasteiger partial charge on any atom is 0.416 e. The minimum absolute atomic E-state index is 0.110. The number of nitriles is 1. The summed E-state index contributed by atoms with van der Waals surface area (Å²) in [5.41, 5.74) is 1.41. The highest BCUT2D eigenvalue weighted by Crippen LogP contribution is 2.32. The predicted octanol–water partition coefficient (Wildman–Crippen LogP) is 4.71. The quantitative estimate of drug-likeness (QED) is 0.401. The van der Waals surface area contributed by atoms with Gasteiger partial charge < -0.3 is 0 Å². The van der Waals surface area contributed by atoms with Gasteiger partial charge in [-0.2, -0.15) is 23.5 Å². The Kier molecular flexibility index (Phi) is 6.37. The standard InChI is InChI=1S/C23H19F3N6OS/c1-3-29-34-32-21(20-11-12-28-31(20)18-9-7-16(14-27)8-10-18)15(2)30(22(32)33)19-6-4-5-17(13-19)23(24,25)26/h4-13,29H,3H2,1-2H3. The molecule has 0 saturated carbocycles. The van der Waals surface area contributed by atoms with Crippen molar-refractivity contribution < 1.29 is 13.2 Å². The average Bonchev–Trinajstić information content (AvgIpc) is 3.39. The van der Waals surface area contributed by atoms with Crippen LogP contribution in [0.15, 0.2) is 65.6 Å². The molecule has 0 spiro atoms. The molecular formula is C23H19F3N6OS. The summed E-state index contributed by atoms with van der Waals surface area (Å²) in [6.45, 7) is 4.10. The van der Waals surface area contributed by atoms with E-state index in [1.54, 1.807) is 48.1 Å². The number of alkyl halides is 3. The Labute approximate surface area is 197 Å². The van der Waals surface area contributed by atoms with Crippen LogP contribution < -0.4 is 10.4 Å². The van der Waals surface area contributed by atoms with E-state index in [2.05, 4.69) is 15.9 Å². The van der Waals surface area contributed by atoms with Crippen LogP contribution in [0.5, 0.6) is 0 Å². The van der Waals surface area contributed by atoms with Crippen LogP contribution in [-0.2, 0) is 6.18 Å². The Morgan fingerprint density at radius 3 is 2.50 bits per heavy atom. The highest BCUT2D eigenvalue weighted by atomic mass is 32.2. The van der Waals surface area contributed by atoms with E-state index in [1.165, 1.54) is 20.7 Å². The van der Waals surface area contributed by atoms with Gasteiger partial charge in [0, 0.05) is 18.7 Å². The van der Waals surface area contributed by atoms with Crippen LogP contribution in [0.25, 0.3) is 22.8 Å². The molecule has 1 N–H and O–H groups in total. The van der Waals surface area contributed by atoms with Crippen molar-refractivity contribution in [1.29, 1.82) is 5.26 Å². The zero-order valence-corrected chi connectivity index (χ0v) is 19.0. The normalized spacial score (nSPS) is 11.5. The number of nitrogens with zero attached hydrogens (tertiary/aromatic N) is 5. The van der Waals surface area contributed by atoms with Crippen molar-refractivity contribution >= 4 is 12.1 Å². The predicted molar refractivity (Wildman–Crippen MR) is 124 cm³/mol. The minimum atomic E-state index is -4.54. The Hall–Kier alpha value is -3.75. The molecule has 0 fully saturated rings. The van der Waals surface area contributed by atoms with E-state index in [9.17, 15) is 18.0 Å². The van der Waals surface area contributed by atoms with E-state index in [1.807, 2.05) is 6.92 Å². The van der Waals surface area contributed by atoms with Crippen LogP contribution in [0, 0.1) is 18.3 Å². The molecule has 0 saturated heterocycles. The molecule has 7 nitrogen and oxygen atoms in total. The van der Waals surface area contributed by atoms with Crippen molar-refractivity contribution in [3.63, 3.8) is 0 Å². The summed E-state index contributed by atoms with van der Waals surface area (Å²) in [7, 11) is 0. The average molecular weight is 485 g/mol. The third kappa shape index (κ3) is 4.25. The number of rotatable bonds is 6. The second-order valence-corrected chi connectivity index (χ2v) is 8.11. The van der Waals surface area contributed by atoms with Crippen LogP contribution in [0.3, 0.4) is 0 Å². The van der Waals surface area contributed by atoms with Crippen molar-refractivity contribution in [3.05, 3.63) is 88.1 Å². The first-order valence-electron chi connectivity index (χ1n) is 10.2. The number of hydrogen-bond acceptors (Lipinski definition) is 5. The van der Waals surface area contributed by atoms with E-state index in [0.29, 0.717) is 34.9 Å². The summed E-state index contributed by atoms with van der Waals surface area (Å²) in [5.74, 6) is 0. The van der Waals surface area contributed by atoms with Gasteiger partial charge in [-0.25, -0.2) is 18.2 Å². The molecule has 0 aliphatic heterocycles. The highest BCUT2D eigenvalue weighted by molar-refractivity contribution is 7.96. The van der Waals surface area contributed by atoms with Crippen LogP contribution in [0.2, 0.25) is 0 Å². The second-order valence-electron chi connectivity index (χ2n) is 7.27. The van der Waals surface area contributed by atoms with Gasteiger partial charge in [0.1, 0.15) is 5.69 Å². The number of benzene rings is 2. The van der Waals surface area contributed by atoms with Crippen molar-refractivity contribution in [3.8, 4) is 28.8 Å². The fourth-order valence-electron chi connectivity index (χ4n) is 3.58. The van der Waals surface area contributed by atoms with Gasteiger partial charge in [-0.3, -0.25) is 4.57 Å². The molecule has 2 heterocycles. The lowest BCUT2D eigenvalue weighted by Gasteiger charge is -2.11. The molecular weight excluding hydrogens is 465 g/mol. The zero-order chi connectivity index (χ0) is 24.5. The Bertz CT molecular complexity index is 1430. The molecule has 0 bridgehead atoms. The maximum atomic E-state index is 13.4. The number of nitrogens with one attached hydrogen (secondary N) is 1. The van der Waals surface area contributed by atoms with Crippen molar-refractivity contribution in [2.45, 2.75) is 20.0 Å². The number of aromatic nitrogens is 4. The summed E-state index contributed by atoms with van der Waals surface area (Å²) >= 11 is 1.05. The lowest BCUT2D eigenvalue weighted by atomic mass is 10.2. The Balaban J connectivity index is 1.93. The van der Waals surface area contributed by atoms with Gasteiger partial charge >= 0.3 is 11.9 Å². The SMILES string of the molecule is CCNSn1c(-c2ccnn2-c2ccc(C#N)cc2)c(C)n(-c2cccc(C(F)(F)F)c2)c1=O. The van der Waals surface area contributed by atoms with Crippen molar-refractivity contribution in [2.24, 2.45) is 0 Å². The monoisotopic (exact) mass is 484 g/mol. The summed E-state index contributed by atoms with van der Waals surface area (Å²) in [6.07, 6.45) is -2.97. The molecule has 2 aromatic heterocycles. The smallest absolute Gasteiger partial charge is 0.264 e. The van der Waals surface area contributed by atoms with Gasteiger partial charge in [0.15, 0.2) is 0 Å². The first-order chi connectivity index (χ1) is 16.3. The van der Waals surface area contributed by atoms with Gasteiger partial charge in [-0.05, 0) is 55.5 Å². The zero-order valence-electron chi connectivity index (χ0n) is 18.2. The topological polar surface area (TPSA) is 80.6 Å². The molecule has 4 rings (SSSR count). The first-order valence-corrected chi connectivity index (χ1v) is 11.0. The van der Waals surface area contributed by atoms with Crippen LogP contribution in [-0.4, -0.2) is 24.9 Å². The third-order valence-corrected chi connectivity index (χ3v) is 6.04. The molecule has 11 heteroatoms. The molecule has 0 aliphatic carbocycles. The van der Waals surface area contributed by atoms with E-state index in [4.69, 9.17) is 5.26 Å². The fourth-order valence-corrected chi connectivity index (χ4v) is 4.31. The van der Waals surface area contributed by atoms with E-state index in [-0.39, 0.29) is 5.69 Å².